The van der Waals surface area contributed by atoms with Crippen molar-refractivity contribution < 1.29 is 9.53 Å². The highest BCUT2D eigenvalue weighted by atomic mass is 16.6. The van der Waals surface area contributed by atoms with Crippen molar-refractivity contribution in [2.24, 2.45) is 0 Å². The SMILES string of the molecule is CC(C)(C)OC(=O)N1CCC(NCc2ccccn2)CC1. The van der Waals surface area contributed by atoms with Gasteiger partial charge in [0.1, 0.15) is 5.60 Å². The van der Waals surface area contributed by atoms with Crippen LogP contribution in [0.2, 0.25) is 0 Å². The van der Waals surface area contributed by atoms with E-state index in [1.165, 1.54) is 0 Å². The fourth-order valence-corrected chi connectivity index (χ4v) is 2.34. The molecule has 0 atom stereocenters. The Bertz CT molecular complexity index is 448. The largest absolute Gasteiger partial charge is 0.444 e. The van der Waals surface area contributed by atoms with Crippen LogP contribution in [0.3, 0.4) is 0 Å². The number of ether oxygens (including phenoxy) is 1. The maximum atomic E-state index is 12.0. The number of rotatable bonds is 3. The molecule has 1 N–H and O–H groups in total. The first-order valence-corrected chi connectivity index (χ1v) is 7.55. The third kappa shape index (κ3) is 5.34. The number of amides is 1. The summed E-state index contributed by atoms with van der Waals surface area (Å²) in [6.45, 7) is 7.95. The van der Waals surface area contributed by atoms with Crippen LogP contribution in [0.25, 0.3) is 0 Å². The molecule has 1 aromatic rings. The Kier molecular flexibility index (Phi) is 5.17. The molecule has 1 aromatic heterocycles. The van der Waals surface area contributed by atoms with E-state index in [2.05, 4.69) is 10.3 Å². The van der Waals surface area contributed by atoms with Gasteiger partial charge in [-0.15, -0.1) is 0 Å². The van der Waals surface area contributed by atoms with E-state index in [1.54, 1.807) is 4.90 Å². The van der Waals surface area contributed by atoms with Crippen molar-refractivity contribution in [1.82, 2.24) is 15.2 Å². The lowest BCUT2D eigenvalue weighted by molar-refractivity contribution is 0.0198. The van der Waals surface area contributed by atoms with E-state index in [4.69, 9.17) is 4.74 Å². The third-order valence-corrected chi connectivity index (χ3v) is 3.44. The minimum atomic E-state index is -0.425. The van der Waals surface area contributed by atoms with Crippen molar-refractivity contribution in [2.45, 2.75) is 51.8 Å². The third-order valence-electron chi connectivity index (χ3n) is 3.44. The van der Waals surface area contributed by atoms with E-state index in [0.29, 0.717) is 6.04 Å². The summed E-state index contributed by atoms with van der Waals surface area (Å²) in [4.78, 5) is 18.1. The first kappa shape index (κ1) is 15.8. The van der Waals surface area contributed by atoms with Crippen molar-refractivity contribution in [3.63, 3.8) is 0 Å². The summed E-state index contributed by atoms with van der Waals surface area (Å²) in [5.41, 5.74) is 0.623. The van der Waals surface area contributed by atoms with Crippen LogP contribution in [-0.2, 0) is 11.3 Å². The van der Waals surface area contributed by atoms with Crippen molar-refractivity contribution in [1.29, 1.82) is 0 Å². The average molecular weight is 291 g/mol. The van der Waals surface area contributed by atoms with Crippen LogP contribution in [-0.4, -0.2) is 40.7 Å². The summed E-state index contributed by atoms with van der Waals surface area (Å²) in [5.74, 6) is 0. The second-order valence-corrected chi connectivity index (χ2v) is 6.44. The van der Waals surface area contributed by atoms with Gasteiger partial charge in [0.25, 0.3) is 0 Å². The molecule has 0 bridgehead atoms. The fraction of sp³-hybridized carbons (Fsp3) is 0.625. The Morgan fingerprint density at radius 1 is 1.38 bits per heavy atom. The Morgan fingerprint density at radius 3 is 2.67 bits per heavy atom. The molecule has 0 saturated carbocycles. The van der Waals surface area contributed by atoms with Gasteiger partial charge in [0, 0.05) is 31.9 Å². The minimum Gasteiger partial charge on any atom is -0.444 e. The van der Waals surface area contributed by atoms with Gasteiger partial charge in [-0.05, 0) is 45.7 Å². The van der Waals surface area contributed by atoms with Crippen molar-refractivity contribution in [2.75, 3.05) is 13.1 Å². The van der Waals surface area contributed by atoms with Gasteiger partial charge >= 0.3 is 6.09 Å². The monoisotopic (exact) mass is 291 g/mol. The molecule has 2 heterocycles. The summed E-state index contributed by atoms with van der Waals surface area (Å²) < 4.78 is 5.40. The van der Waals surface area contributed by atoms with Gasteiger partial charge in [0.15, 0.2) is 0 Å². The molecule has 0 aromatic carbocycles. The number of nitrogens with one attached hydrogen (secondary N) is 1. The molecular weight excluding hydrogens is 266 g/mol. The van der Waals surface area contributed by atoms with Crippen LogP contribution in [0.15, 0.2) is 24.4 Å². The number of pyridine rings is 1. The Morgan fingerprint density at radius 2 is 2.10 bits per heavy atom. The number of carbonyl (C=O) groups is 1. The quantitative estimate of drug-likeness (QED) is 0.930. The van der Waals surface area contributed by atoms with Crippen LogP contribution in [0, 0.1) is 0 Å². The molecule has 0 radical (unpaired) electrons. The summed E-state index contributed by atoms with van der Waals surface area (Å²) in [5, 5.41) is 3.50. The van der Waals surface area contributed by atoms with E-state index < -0.39 is 5.60 Å². The maximum Gasteiger partial charge on any atom is 0.410 e. The highest BCUT2D eigenvalue weighted by Crippen LogP contribution is 2.15. The van der Waals surface area contributed by atoms with Crippen LogP contribution in [0.1, 0.15) is 39.3 Å². The average Bonchev–Trinajstić information content (AvgIpc) is 2.45. The van der Waals surface area contributed by atoms with Gasteiger partial charge in [-0.2, -0.15) is 0 Å². The first-order chi connectivity index (χ1) is 9.94. The smallest absolute Gasteiger partial charge is 0.410 e. The van der Waals surface area contributed by atoms with E-state index in [0.717, 1.165) is 38.2 Å². The summed E-state index contributed by atoms with van der Waals surface area (Å²) in [7, 11) is 0. The van der Waals surface area contributed by atoms with Crippen LogP contribution in [0.4, 0.5) is 4.79 Å². The van der Waals surface area contributed by atoms with E-state index >= 15 is 0 Å². The lowest BCUT2D eigenvalue weighted by Crippen LogP contribution is -2.46. The second-order valence-electron chi connectivity index (χ2n) is 6.44. The normalized spacial score (nSPS) is 16.8. The van der Waals surface area contributed by atoms with Gasteiger partial charge in [-0.25, -0.2) is 4.79 Å². The molecule has 1 fully saturated rings. The van der Waals surface area contributed by atoms with Crippen molar-refractivity contribution in [3.05, 3.63) is 30.1 Å². The Balaban J connectivity index is 1.72. The topological polar surface area (TPSA) is 54.5 Å². The standard InChI is InChI=1S/C16H25N3O2/c1-16(2,3)21-15(20)19-10-7-13(8-11-19)18-12-14-6-4-5-9-17-14/h4-6,9,13,18H,7-8,10-12H2,1-3H3. The van der Waals surface area contributed by atoms with Gasteiger partial charge < -0.3 is 15.0 Å². The zero-order valence-corrected chi connectivity index (χ0v) is 13.1. The zero-order valence-electron chi connectivity index (χ0n) is 13.1. The number of likely N-dealkylation sites (tertiary alicyclic amines) is 1. The lowest BCUT2D eigenvalue weighted by atomic mass is 10.1. The molecule has 1 amide bonds. The number of piperidine rings is 1. The van der Waals surface area contributed by atoms with Gasteiger partial charge in [0.2, 0.25) is 0 Å². The predicted octanol–water partition coefficient (Wildman–Crippen LogP) is 2.57. The van der Waals surface area contributed by atoms with Crippen LogP contribution < -0.4 is 5.32 Å². The molecular formula is C16H25N3O2. The number of hydrogen-bond donors (Lipinski definition) is 1. The highest BCUT2D eigenvalue weighted by molar-refractivity contribution is 5.68. The van der Waals surface area contributed by atoms with Crippen molar-refractivity contribution in [3.8, 4) is 0 Å². The highest BCUT2D eigenvalue weighted by Gasteiger charge is 2.26. The summed E-state index contributed by atoms with van der Waals surface area (Å²) in [6.07, 6.45) is 3.51. The lowest BCUT2D eigenvalue weighted by Gasteiger charge is -2.33. The van der Waals surface area contributed by atoms with E-state index in [1.807, 2.05) is 45.2 Å². The van der Waals surface area contributed by atoms with Gasteiger partial charge in [-0.1, -0.05) is 6.07 Å². The molecule has 1 aliphatic rings. The first-order valence-electron chi connectivity index (χ1n) is 7.55. The van der Waals surface area contributed by atoms with Crippen molar-refractivity contribution >= 4 is 6.09 Å². The zero-order chi connectivity index (χ0) is 15.3. The molecule has 116 valence electrons. The summed E-state index contributed by atoms with van der Waals surface area (Å²) in [6, 6.07) is 6.37. The number of aromatic nitrogens is 1. The number of hydrogen-bond acceptors (Lipinski definition) is 4. The molecule has 1 aliphatic heterocycles. The molecule has 0 spiro atoms. The fourth-order valence-electron chi connectivity index (χ4n) is 2.34. The number of nitrogens with zero attached hydrogens (tertiary/aromatic N) is 2. The minimum absolute atomic E-state index is 0.203. The Hall–Kier alpha value is -1.62. The number of carbonyl (C=O) groups excluding carboxylic acids is 1. The maximum absolute atomic E-state index is 12.0. The molecule has 0 unspecified atom stereocenters. The molecule has 1 saturated heterocycles. The molecule has 21 heavy (non-hydrogen) atoms. The predicted molar refractivity (Wildman–Crippen MR) is 81.9 cm³/mol. The van der Waals surface area contributed by atoms with Gasteiger partial charge in [-0.3, -0.25) is 4.98 Å². The van der Waals surface area contributed by atoms with Crippen LogP contribution in [0.5, 0.6) is 0 Å². The van der Waals surface area contributed by atoms with Gasteiger partial charge in [0.05, 0.1) is 5.69 Å². The Labute approximate surface area is 126 Å². The molecule has 5 nitrogen and oxygen atoms in total. The second kappa shape index (κ2) is 6.89. The molecule has 5 heteroatoms. The summed E-state index contributed by atoms with van der Waals surface area (Å²) >= 11 is 0. The molecule has 0 aliphatic carbocycles. The van der Waals surface area contributed by atoms with Crippen LogP contribution >= 0.6 is 0 Å². The molecule has 2 rings (SSSR count). The van der Waals surface area contributed by atoms with E-state index in [-0.39, 0.29) is 6.09 Å². The van der Waals surface area contributed by atoms with E-state index in [9.17, 15) is 4.79 Å².